The second kappa shape index (κ2) is 7.26. The molecule has 0 bridgehead atoms. The van der Waals surface area contributed by atoms with Gasteiger partial charge in [0, 0.05) is 35.4 Å². The van der Waals surface area contributed by atoms with Gasteiger partial charge in [0.1, 0.15) is 6.54 Å². The smallest absolute Gasteiger partial charge is 0.325 e. The standard InChI is InChI=1S/C17H18N6O3/c1-10(21-14(24)9-23-15(25)8-20-17(23)26)13-7-19-16(22-11(13)2)12-3-5-18-6-4-12/h3-7,10H,8-9H2,1-2H3,(H,20,26)(H,21,24). The summed E-state index contributed by atoms with van der Waals surface area (Å²) in [5, 5.41) is 5.14. The predicted molar refractivity (Wildman–Crippen MR) is 91.7 cm³/mol. The normalized spacial score (nSPS) is 14.9. The molecule has 2 aromatic rings. The molecular formula is C17H18N6O3. The van der Waals surface area contributed by atoms with Gasteiger partial charge in [0.15, 0.2) is 5.82 Å². The van der Waals surface area contributed by atoms with Crippen LogP contribution in [-0.2, 0) is 9.59 Å². The van der Waals surface area contributed by atoms with Crippen molar-refractivity contribution in [3.63, 3.8) is 0 Å². The van der Waals surface area contributed by atoms with E-state index in [0.29, 0.717) is 5.82 Å². The Morgan fingerprint density at radius 2 is 2.08 bits per heavy atom. The summed E-state index contributed by atoms with van der Waals surface area (Å²) >= 11 is 0. The SMILES string of the molecule is Cc1nc(-c2ccncc2)ncc1C(C)NC(=O)CN1C(=O)CNC1=O. The van der Waals surface area contributed by atoms with Crippen molar-refractivity contribution in [2.24, 2.45) is 0 Å². The number of urea groups is 1. The first-order valence-electron chi connectivity index (χ1n) is 8.07. The highest BCUT2D eigenvalue weighted by molar-refractivity contribution is 6.04. The van der Waals surface area contributed by atoms with Crippen LogP contribution in [0.4, 0.5) is 4.79 Å². The zero-order valence-corrected chi connectivity index (χ0v) is 14.4. The Bertz CT molecular complexity index is 839. The predicted octanol–water partition coefficient (Wildman–Crippen LogP) is 0.576. The van der Waals surface area contributed by atoms with Gasteiger partial charge in [-0.05, 0) is 26.0 Å². The molecule has 1 atom stereocenters. The lowest BCUT2D eigenvalue weighted by Gasteiger charge is -2.18. The molecule has 0 radical (unpaired) electrons. The molecule has 9 nitrogen and oxygen atoms in total. The minimum absolute atomic E-state index is 0.0783. The summed E-state index contributed by atoms with van der Waals surface area (Å²) in [5.41, 5.74) is 2.34. The molecular weight excluding hydrogens is 336 g/mol. The Hall–Kier alpha value is -3.36. The number of amides is 4. The summed E-state index contributed by atoms with van der Waals surface area (Å²) in [6, 6.07) is 2.71. The molecule has 0 aliphatic carbocycles. The highest BCUT2D eigenvalue weighted by Crippen LogP contribution is 2.19. The Labute approximate surface area is 149 Å². The fraction of sp³-hybridized carbons (Fsp3) is 0.294. The number of carbonyl (C=O) groups is 3. The molecule has 0 saturated carbocycles. The van der Waals surface area contributed by atoms with Crippen LogP contribution in [0.2, 0.25) is 0 Å². The van der Waals surface area contributed by atoms with Crippen molar-refractivity contribution in [3.05, 3.63) is 42.0 Å². The maximum absolute atomic E-state index is 12.1. The number of pyridine rings is 1. The van der Waals surface area contributed by atoms with Crippen molar-refractivity contribution in [1.82, 2.24) is 30.5 Å². The van der Waals surface area contributed by atoms with E-state index >= 15 is 0 Å². The van der Waals surface area contributed by atoms with Gasteiger partial charge in [0.25, 0.3) is 5.91 Å². The number of nitrogens with one attached hydrogen (secondary N) is 2. The first-order valence-corrected chi connectivity index (χ1v) is 8.07. The molecule has 1 saturated heterocycles. The second-order valence-corrected chi connectivity index (χ2v) is 5.90. The van der Waals surface area contributed by atoms with Crippen LogP contribution in [0.25, 0.3) is 11.4 Å². The fourth-order valence-electron chi connectivity index (χ4n) is 2.67. The molecule has 4 amide bonds. The van der Waals surface area contributed by atoms with Crippen LogP contribution < -0.4 is 10.6 Å². The summed E-state index contributed by atoms with van der Waals surface area (Å²) < 4.78 is 0. The van der Waals surface area contributed by atoms with E-state index in [0.717, 1.165) is 21.7 Å². The quantitative estimate of drug-likeness (QED) is 0.759. The average molecular weight is 354 g/mol. The Balaban J connectivity index is 1.68. The molecule has 2 aromatic heterocycles. The van der Waals surface area contributed by atoms with Gasteiger partial charge >= 0.3 is 6.03 Å². The van der Waals surface area contributed by atoms with Crippen molar-refractivity contribution in [3.8, 4) is 11.4 Å². The van der Waals surface area contributed by atoms with Crippen LogP contribution in [-0.4, -0.2) is 50.8 Å². The van der Waals surface area contributed by atoms with Gasteiger partial charge in [0.2, 0.25) is 5.91 Å². The van der Waals surface area contributed by atoms with Crippen LogP contribution in [0, 0.1) is 6.92 Å². The molecule has 3 rings (SSSR count). The van der Waals surface area contributed by atoms with Crippen molar-refractivity contribution < 1.29 is 14.4 Å². The molecule has 0 aromatic carbocycles. The van der Waals surface area contributed by atoms with Crippen molar-refractivity contribution >= 4 is 17.8 Å². The maximum atomic E-state index is 12.1. The topological polar surface area (TPSA) is 117 Å². The van der Waals surface area contributed by atoms with Crippen molar-refractivity contribution in [1.29, 1.82) is 0 Å². The maximum Gasteiger partial charge on any atom is 0.325 e. The number of imide groups is 1. The van der Waals surface area contributed by atoms with Gasteiger partial charge in [-0.25, -0.2) is 14.8 Å². The van der Waals surface area contributed by atoms with Gasteiger partial charge < -0.3 is 10.6 Å². The van der Waals surface area contributed by atoms with E-state index in [1.807, 2.05) is 19.1 Å². The number of hydrogen-bond acceptors (Lipinski definition) is 6. The van der Waals surface area contributed by atoms with E-state index in [-0.39, 0.29) is 19.1 Å². The van der Waals surface area contributed by atoms with E-state index in [1.165, 1.54) is 0 Å². The summed E-state index contributed by atoms with van der Waals surface area (Å²) in [6.45, 7) is 3.23. The molecule has 3 heterocycles. The molecule has 1 aliphatic heterocycles. The van der Waals surface area contributed by atoms with Crippen LogP contribution in [0.15, 0.2) is 30.7 Å². The van der Waals surface area contributed by atoms with Gasteiger partial charge in [-0.1, -0.05) is 0 Å². The van der Waals surface area contributed by atoms with Gasteiger partial charge in [-0.15, -0.1) is 0 Å². The van der Waals surface area contributed by atoms with Crippen LogP contribution in [0.3, 0.4) is 0 Å². The number of rotatable bonds is 5. The fourth-order valence-corrected chi connectivity index (χ4v) is 2.67. The third kappa shape index (κ3) is 3.66. The third-order valence-electron chi connectivity index (χ3n) is 4.04. The summed E-state index contributed by atoms with van der Waals surface area (Å²) in [4.78, 5) is 48.9. The number of nitrogens with zero attached hydrogens (tertiary/aromatic N) is 4. The molecule has 1 unspecified atom stereocenters. The van der Waals surface area contributed by atoms with E-state index < -0.39 is 17.8 Å². The van der Waals surface area contributed by atoms with Crippen molar-refractivity contribution in [2.75, 3.05) is 13.1 Å². The molecule has 2 N–H and O–H groups in total. The Morgan fingerprint density at radius 3 is 2.69 bits per heavy atom. The summed E-state index contributed by atoms with van der Waals surface area (Å²) in [7, 11) is 0. The van der Waals surface area contributed by atoms with Crippen LogP contribution in [0.1, 0.15) is 24.2 Å². The number of hydrogen-bond donors (Lipinski definition) is 2. The van der Waals surface area contributed by atoms with E-state index in [2.05, 4.69) is 25.6 Å². The van der Waals surface area contributed by atoms with Crippen molar-refractivity contribution in [2.45, 2.75) is 19.9 Å². The molecule has 26 heavy (non-hydrogen) atoms. The highest BCUT2D eigenvalue weighted by Gasteiger charge is 2.30. The number of aryl methyl sites for hydroxylation is 1. The van der Waals surface area contributed by atoms with Gasteiger partial charge in [0.05, 0.1) is 12.6 Å². The third-order valence-corrected chi connectivity index (χ3v) is 4.04. The second-order valence-electron chi connectivity index (χ2n) is 5.90. The number of carbonyl (C=O) groups excluding carboxylic acids is 3. The lowest BCUT2D eigenvalue weighted by Crippen LogP contribution is -2.41. The lowest BCUT2D eigenvalue weighted by molar-refractivity contribution is -0.130. The summed E-state index contributed by atoms with van der Waals surface area (Å²) in [6.07, 6.45) is 5.00. The Kier molecular flexibility index (Phi) is 4.87. The molecule has 1 fully saturated rings. The Morgan fingerprint density at radius 1 is 1.35 bits per heavy atom. The summed E-state index contributed by atoms with van der Waals surface area (Å²) in [5.74, 6) is -0.272. The van der Waals surface area contributed by atoms with E-state index in [1.54, 1.807) is 25.5 Å². The molecule has 134 valence electrons. The van der Waals surface area contributed by atoms with E-state index in [9.17, 15) is 14.4 Å². The molecule has 0 spiro atoms. The number of aromatic nitrogens is 3. The molecule has 1 aliphatic rings. The monoisotopic (exact) mass is 354 g/mol. The van der Waals surface area contributed by atoms with E-state index in [4.69, 9.17) is 0 Å². The average Bonchev–Trinajstić information content (AvgIpc) is 2.94. The first kappa shape index (κ1) is 17.5. The van der Waals surface area contributed by atoms with Gasteiger partial charge in [-0.3, -0.25) is 19.5 Å². The minimum Gasteiger partial charge on any atom is -0.348 e. The molecule has 9 heteroatoms. The van der Waals surface area contributed by atoms with Crippen LogP contribution >= 0.6 is 0 Å². The zero-order valence-electron chi connectivity index (χ0n) is 14.4. The minimum atomic E-state index is -0.556. The lowest BCUT2D eigenvalue weighted by atomic mass is 10.1. The zero-order chi connectivity index (χ0) is 18.7. The largest absolute Gasteiger partial charge is 0.348 e. The highest BCUT2D eigenvalue weighted by atomic mass is 16.2. The van der Waals surface area contributed by atoms with Crippen LogP contribution in [0.5, 0.6) is 0 Å². The first-order chi connectivity index (χ1) is 12.5. The van der Waals surface area contributed by atoms with Gasteiger partial charge in [-0.2, -0.15) is 0 Å².